The first-order valence-corrected chi connectivity index (χ1v) is 6.43. The molecule has 0 atom stereocenters. The lowest BCUT2D eigenvalue weighted by molar-refractivity contribution is -0.139. The number of methoxy groups -OCH3 is 2. The molecular weight excluding hydrogens is 312 g/mol. The van der Waals surface area contributed by atoms with Crippen LogP contribution in [-0.4, -0.2) is 40.0 Å². The Hall–Kier alpha value is -2.66. The van der Waals surface area contributed by atoms with Gasteiger partial charge < -0.3 is 18.9 Å². The van der Waals surface area contributed by atoms with Gasteiger partial charge in [-0.05, 0) is 12.1 Å². The molecule has 0 N–H and O–H groups in total. The molecule has 0 amide bonds. The van der Waals surface area contributed by atoms with Crippen LogP contribution in [0.1, 0.15) is 5.56 Å². The number of benzene rings is 1. The summed E-state index contributed by atoms with van der Waals surface area (Å²) in [5.41, 5.74) is -0.279. The standard InChI is InChI=1S/C15H15F2NO5/c1-20-6-7-22-14(19)11(9-18)8-10-4-3-5-12(21-2)13(10)23-15(16)17/h3-5,8,15H,6-7H2,1-2H3/b11-8+. The topological polar surface area (TPSA) is 77.8 Å². The normalized spacial score (nSPS) is 11.0. The van der Waals surface area contributed by atoms with Crippen molar-refractivity contribution in [1.29, 1.82) is 5.26 Å². The van der Waals surface area contributed by atoms with Crippen molar-refractivity contribution in [1.82, 2.24) is 0 Å². The third kappa shape index (κ3) is 5.56. The zero-order valence-corrected chi connectivity index (χ0v) is 12.5. The average Bonchev–Trinajstić information content (AvgIpc) is 2.53. The van der Waals surface area contributed by atoms with Crippen molar-refractivity contribution < 1.29 is 32.5 Å². The van der Waals surface area contributed by atoms with Gasteiger partial charge in [0.2, 0.25) is 0 Å². The van der Waals surface area contributed by atoms with Crippen molar-refractivity contribution in [3.05, 3.63) is 29.3 Å². The number of hydrogen-bond acceptors (Lipinski definition) is 6. The van der Waals surface area contributed by atoms with Gasteiger partial charge in [-0.3, -0.25) is 0 Å². The van der Waals surface area contributed by atoms with Crippen LogP contribution >= 0.6 is 0 Å². The van der Waals surface area contributed by atoms with E-state index in [4.69, 9.17) is 19.5 Å². The molecule has 0 spiro atoms. The Morgan fingerprint density at radius 3 is 2.65 bits per heavy atom. The quantitative estimate of drug-likeness (QED) is 0.316. The molecule has 0 radical (unpaired) electrons. The van der Waals surface area contributed by atoms with E-state index in [0.717, 1.165) is 6.08 Å². The molecule has 0 aliphatic carbocycles. The van der Waals surface area contributed by atoms with Crippen LogP contribution in [0, 0.1) is 11.3 Å². The van der Waals surface area contributed by atoms with Gasteiger partial charge in [-0.2, -0.15) is 14.0 Å². The number of nitrogens with zero attached hydrogens (tertiary/aromatic N) is 1. The Kier molecular flexibility index (Phi) is 7.50. The summed E-state index contributed by atoms with van der Waals surface area (Å²) in [6.45, 7) is -2.95. The Morgan fingerprint density at radius 1 is 1.35 bits per heavy atom. The molecule has 0 aliphatic heterocycles. The minimum Gasteiger partial charge on any atom is -0.493 e. The highest BCUT2D eigenvalue weighted by atomic mass is 19.3. The van der Waals surface area contributed by atoms with Gasteiger partial charge in [0, 0.05) is 12.7 Å². The molecule has 1 rings (SSSR count). The van der Waals surface area contributed by atoms with Crippen LogP contribution in [0.2, 0.25) is 0 Å². The van der Waals surface area contributed by atoms with Crippen LogP contribution in [-0.2, 0) is 14.3 Å². The fourth-order valence-corrected chi connectivity index (χ4v) is 1.61. The van der Waals surface area contributed by atoms with E-state index < -0.39 is 12.6 Å². The molecule has 0 unspecified atom stereocenters. The molecule has 124 valence electrons. The monoisotopic (exact) mass is 327 g/mol. The van der Waals surface area contributed by atoms with E-state index >= 15 is 0 Å². The predicted molar refractivity (Wildman–Crippen MR) is 76.1 cm³/mol. The first-order chi connectivity index (χ1) is 11.0. The number of nitriles is 1. The molecule has 23 heavy (non-hydrogen) atoms. The van der Waals surface area contributed by atoms with Gasteiger partial charge in [-0.25, -0.2) is 4.79 Å². The summed E-state index contributed by atoms with van der Waals surface area (Å²) >= 11 is 0. The Labute approximate surface area is 131 Å². The minimum atomic E-state index is -3.09. The summed E-state index contributed by atoms with van der Waals surface area (Å²) in [6, 6.07) is 5.98. The SMILES string of the molecule is COCCOC(=O)/C(C#N)=C/c1cccc(OC)c1OC(F)F. The Balaban J connectivity index is 3.12. The molecule has 0 saturated heterocycles. The molecule has 6 nitrogen and oxygen atoms in total. The number of halogens is 2. The van der Waals surface area contributed by atoms with Crippen molar-refractivity contribution in [3.8, 4) is 17.6 Å². The summed E-state index contributed by atoms with van der Waals surface area (Å²) in [5, 5.41) is 9.04. The van der Waals surface area contributed by atoms with E-state index in [-0.39, 0.29) is 35.8 Å². The summed E-state index contributed by atoms with van der Waals surface area (Å²) in [5.74, 6) is -1.12. The first kappa shape index (κ1) is 18.4. The molecule has 1 aromatic rings. The third-order valence-electron chi connectivity index (χ3n) is 2.60. The second-order valence-electron chi connectivity index (χ2n) is 4.06. The summed E-state index contributed by atoms with van der Waals surface area (Å²) in [4.78, 5) is 11.8. The molecule has 0 bridgehead atoms. The summed E-state index contributed by atoms with van der Waals surface area (Å²) < 4.78 is 43.9. The number of ether oxygens (including phenoxy) is 4. The second kappa shape index (κ2) is 9.38. The van der Waals surface area contributed by atoms with Gasteiger partial charge in [0.05, 0.1) is 13.7 Å². The van der Waals surface area contributed by atoms with Crippen molar-refractivity contribution >= 4 is 12.0 Å². The van der Waals surface area contributed by atoms with Crippen LogP contribution in [0.5, 0.6) is 11.5 Å². The summed E-state index contributed by atoms with van der Waals surface area (Å²) in [6.07, 6.45) is 1.09. The maximum Gasteiger partial charge on any atom is 0.387 e. The molecule has 0 fully saturated rings. The number of para-hydroxylation sites is 1. The average molecular weight is 327 g/mol. The van der Waals surface area contributed by atoms with Crippen molar-refractivity contribution in [2.45, 2.75) is 6.61 Å². The maximum absolute atomic E-state index is 12.5. The number of carbonyl (C=O) groups is 1. The van der Waals surface area contributed by atoms with Gasteiger partial charge in [0.15, 0.2) is 11.5 Å². The molecule has 1 aromatic carbocycles. The number of alkyl halides is 2. The van der Waals surface area contributed by atoms with E-state index in [9.17, 15) is 13.6 Å². The molecule has 8 heteroatoms. The molecular formula is C15H15F2NO5. The van der Waals surface area contributed by atoms with E-state index in [1.165, 1.54) is 32.4 Å². The van der Waals surface area contributed by atoms with Crippen LogP contribution in [0.15, 0.2) is 23.8 Å². The number of hydrogen-bond donors (Lipinski definition) is 0. The highest BCUT2D eigenvalue weighted by molar-refractivity contribution is 5.98. The molecule has 0 heterocycles. The van der Waals surface area contributed by atoms with E-state index in [2.05, 4.69) is 4.74 Å². The first-order valence-electron chi connectivity index (χ1n) is 6.43. The highest BCUT2D eigenvalue weighted by Gasteiger charge is 2.17. The van der Waals surface area contributed by atoms with Crippen molar-refractivity contribution in [2.75, 3.05) is 27.4 Å². The van der Waals surface area contributed by atoms with Crippen molar-refractivity contribution in [3.63, 3.8) is 0 Å². The van der Waals surface area contributed by atoms with E-state index in [0.29, 0.717) is 0 Å². The number of rotatable bonds is 8. The van der Waals surface area contributed by atoms with Crippen LogP contribution in [0.25, 0.3) is 6.08 Å². The predicted octanol–water partition coefficient (Wildman–Crippen LogP) is 2.39. The van der Waals surface area contributed by atoms with Gasteiger partial charge in [0.1, 0.15) is 18.2 Å². The lowest BCUT2D eigenvalue weighted by Gasteiger charge is -2.12. The lowest BCUT2D eigenvalue weighted by atomic mass is 10.1. The van der Waals surface area contributed by atoms with Gasteiger partial charge >= 0.3 is 12.6 Å². The fraction of sp³-hybridized carbons (Fsp3) is 0.333. The largest absolute Gasteiger partial charge is 0.493 e. The van der Waals surface area contributed by atoms with E-state index in [1.54, 1.807) is 6.07 Å². The maximum atomic E-state index is 12.5. The van der Waals surface area contributed by atoms with Gasteiger partial charge in [-0.1, -0.05) is 12.1 Å². The minimum absolute atomic E-state index is 0.0349. The molecule has 0 saturated carbocycles. The zero-order chi connectivity index (χ0) is 17.2. The lowest BCUT2D eigenvalue weighted by Crippen LogP contribution is -2.11. The molecule has 0 aliphatic rings. The number of esters is 1. The zero-order valence-electron chi connectivity index (χ0n) is 12.5. The molecule has 0 aromatic heterocycles. The fourth-order valence-electron chi connectivity index (χ4n) is 1.61. The van der Waals surface area contributed by atoms with Crippen LogP contribution in [0.3, 0.4) is 0 Å². The van der Waals surface area contributed by atoms with E-state index in [1.807, 2.05) is 0 Å². The van der Waals surface area contributed by atoms with Gasteiger partial charge in [0.25, 0.3) is 0 Å². The Morgan fingerprint density at radius 2 is 2.09 bits per heavy atom. The second-order valence-corrected chi connectivity index (χ2v) is 4.06. The van der Waals surface area contributed by atoms with Crippen molar-refractivity contribution in [2.24, 2.45) is 0 Å². The highest BCUT2D eigenvalue weighted by Crippen LogP contribution is 2.33. The van der Waals surface area contributed by atoms with Crippen LogP contribution < -0.4 is 9.47 Å². The smallest absolute Gasteiger partial charge is 0.387 e. The Bertz CT molecular complexity index is 610. The number of carbonyl (C=O) groups excluding carboxylic acids is 1. The van der Waals surface area contributed by atoms with Gasteiger partial charge in [-0.15, -0.1) is 0 Å². The van der Waals surface area contributed by atoms with Crippen LogP contribution in [0.4, 0.5) is 8.78 Å². The third-order valence-corrected chi connectivity index (χ3v) is 2.60. The summed E-state index contributed by atoms with van der Waals surface area (Å²) in [7, 11) is 2.71.